The fraction of sp³-hybridized carbons (Fsp3) is 0.167. The van der Waals surface area contributed by atoms with Crippen molar-refractivity contribution >= 4 is 11.5 Å². The zero-order chi connectivity index (χ0) is 13.1. The molecular formula is C12H13N3O3. The van der Waals surface area contributed by atoms with Gasteiger partial charge in [-0.05, 0) is 12.1 Å². The van der Waals surface area contributed by atoms with E-state index in [0.29, 0.717) is 12.2 Å². The maximum absolute atomic E-state index is 12.1. The van der Waals surface area contributed by atoms with Gasteiger partial charge in [-0.3, -0.25) is 9.20 Å². The molecule has 0 saturated heterocycles. The number of nitrogens with one attached hydrogen (secondary N) is 1. The Morgan fingerprint density at radius 2 is 2.28 bits per heavy atom. The second-order valence-corrected chi connectivity index (χ2v) is 3.65. The Morgan fingerprint density at radius 1 is 1.50 bits per heavy atom. The van der Waals surface area contributed by atoms with E-state index in [9.17, 15) is 15.0 Å². The third-order valence-electron chi connectivity index (χ3n) is 2.44. The van der Waals surface area contributed by atoms with Crippen LogP contribution < -0.4 is 10.9 Å². The average molecular weight is 247 g/mol. The predicted molar refractivity (Wildman–Crippen MR) is 67.3 cm³/mol. The van der Waals surface area contributed by atoms with Gasteiger partial charge in [-0.15, -0.1) is 6.58 Å². The number of hydrogen-bond donors (Lipinski definition) is 3. The number of aliphatic hydroxyl groups excluding tert-OH is 1. The van der Waals surface area contributed by atoms with Crippen molar-refractivity contribution in [1.82, 2.24) is 9.38 Å². The van der Waals surface area contributed by atoms with Gasteiger partial charge in [-0.2, -0.15) is 0 Å². The van der Waals surface area contributed by atoms with E-state index in [-0.39, 0.29) is 11.4 Å². The van der Waals surface area contributed by atoms with Crippen LogP contribution in [0.4, 0.5) is 5.82 Å². The predicted octanol–water partition coefficient (Wildman–Crippen LogP) is 0.276. The highest BCUT2D eigenvalue weighted by atomic mass is 16.5. The van der Waals surface area contributed by atoms with Crippen LogP contribution in [0, 0.1) is 0 Å². The molecule has 0 aliphatic heterocycles. The fourth-order valence-electron chi connectivity index (χ4n) is 1.64. The van der Waals surface area contributed by atoms with Crippen LogP contribution in [0.25, 0.3) is 5.65 Å². The van der Waals surface area contributed by atoms with Gasteiger partial charge in [0.15, 0.2) is 6.29 Å². The number of nitrogens with zero attached hydrogens (tertiary/aromatic N) is 2. The van der Waals surface area contributed by atoms with Crippen molar-refractivity contribution in [3.05, 3.63) is 53.0 Å². The van der Waals surface area contributed by atoms with Gasteiger partial charge in [0.05, 0.1) is 0 Å². The smallest absolute Gasteiger partial charge is 0.268 e. The summed E-state index contributed by atoms with van der Waals surface area (Å²) in [5.74, 6) is 0.154. The van der Waals surface area contributed by atoms with Crippen molar-refractivity contribution in [2.24, 2.45) is 0 Å². The molecular weight excluding hydrogens is 234 g/mol. The molecule has 0 fully saturated rings. The minimum absolute atomic E-state index is 0.154. The lowest BCUT2D eigenvalue weighted by Gasteiger charge is -2.12. The first-order valence-corrected chi connectivity index (χ1v) is 5.37. The van der Waals surface area contributed by atoms with Crippen molar-refractivity contribution in [2.45, 2.75) is 6.29 Å². The Morgan fingerprint density at radius 3 is 2.94 bits per heavy atom. The minimum Gasteiger partial charge on any atom is -0.366 e. The lowest BCUT2D eigenvalue weighted by Crippen LogP contribution is -2.24. The second kappa shape index (κ2) is 4.99. The summed E-state index contributed by atoms with van der Waals surface area (Å²) in [6.07, 6.45) is 1.23. The summed E-state index contributed by atoms with van der Waals surface area (Å²) in [7, 11) is 0. The van der Waals surface area contributed by atoms with Crippen molar-refractivity contribution in [1.29, 1.82) is 0 Å². The van der Waals surface area contributed by atoms with Crippen LogP contribution in [-0.4, -0.2) is 26.1 Å². The summed E-state index contributed by atoms with van der Waals surface area (Å²) < 4.78 is 1.26. The maximum atomic E-state index is 12.1. The average Bonchev–Trinajstić information content (AvgIpc) is 2.36. The summed E-state index contributed by atoms with van der Waals surface area (Å²) in [4.78, 5) is 16.3. The fourth-order valence-corrected chi connectivity index (χ4v) is 1.64. The Balaban J connectivity index is 2.70. The van der Waals surface area contributed by atoms with E-state index in [4.69, 9.17) is 0 Å². The molecule has 0 unspecified atom stereocenters. The molecule has 0 saturated carbocycles. The van der Waals surface area contributed by atoms with Gasteiger partial charge in [0.2, 0.25) is 0 Å². The number of fused-ring (bicyclic) bond motifs is 1. The van der Waals surface area contributed by atoms with E-state index in [2.05, 4.69) is 16.9 Å². The molecule has 0 aliphatic carbocycles. The highest BCUT2D eigenvalue weighted by Crippen LogP contribution is 2.15. The van der Waals surface area contributed by atoms with Crippen LogP contribution in [-0.2, 0) is 0 Å². The molecule has 0 radical (unpaired) electrons. The number of hydrogen-bond acceptors (Lipinski definition) is 5. The van der Waals surface area contributed by atoms with E-state index < -0.39 is 11.8 Å². The molecule has 2 aromatic heterocycles. The van der Waals surface area contributed by atoms with Crippen LogP contribution in [0.3, 0.4) is 0 Å². The van der Waals surface area contributed by atoms with Crippen LogP contribution in [0.5, 0.6) is 0 Å². The normalized spacial score (nSPS) is 10.8. The van der Waals surface area contributed by atoms with Gasteiger partial charge in [-0.25, -0.2) is 4.98 Å². The summed E-state index contributed by atoms with van der Waals surface area (Å²) >= 11 is 0. The quantitative estimate of drug-likeness (QED) is 0.533. The minimum atomic E-state index is -1.88. The van der Waals surface area contributed by atoms with E-state index in [1.165, 1.54) is 10.6 Å². The number of anilines is 1. The van der Waals surface area contributed by atoms with Gasteiger partial charge in [0, 0.05) is 12.7 Å². The Bertz CT molecular complexity index is 634. The molecule has 18 heavy (non-hydrogen) atoms. The molecule has 2 heterocycles. The van der Waals surface area contributed by atoms with Crippen LogP contribution in [0.15, 0.2) is 41.8 Å². The molecule has 94 valence electrons. The first-order chi connectivity index (χ1) is 8.65. The first kappa shape index (κ1) is 12.3. The number of rotatable bonds is 4. The lowest BCUT2D eigenvalue weighted by molar-refractivity contribution is -0.0432. The molecule has 0 spiro atoms. The first-order valence-electron chi connectivity index (χ1n) is 5.37. The molecule has 6 heteroatoms. The second-order valence-electron chi connectivity index (χ2n) is 3.65. The van der Waals surface area contributed by atoms with Crippen LogP contribution in [0.2, 0.25) is 0 Å². The summed E-state index contributed by atoms with van der Waals surface area (Å²) in [6, 6.07) is 5.07. The van der Waals surface area contributed by atoms with Gasteiger partial charge in [0.25, 0.3) is 5.56 Å². The van der Waals surface area contributed by atoms with E-state index in [1.54, 1.807) is 24.3 Å². The van der Waals surface area contributed by atoms with Gasteiger partial charge < -0.3 is 15.5 Å². The highest BCUT2D eigenvalue weighted by molar-refractivity contribution is 5.52. The third-order valence-corrected chi connectivity index (χ3v) is 2.44. The zero-order valence-electron chi connectivity index (χ0n) is 9.58. The van der Waals surface area contributed by atoms with Crippen molar-refractivity contribution in [2.75, 3.05) is 11.9 Å². The molecule has 3 N–H and O–H groups in total. The summed E-state index contributed by atoms with van der Waals surface area (Å²) in [6.45, 7) is 3.91. The monoisotopic (exact) mass is 247 g/mol. The van der Waals surface area contributed by atoms with Gasteiger partial charge >= 0.3 is 0 Å². The largest absolute Gasteiger partial charge is 0.366 e. The maximum Gasteiger partial charge on any atom is 0.268 e. The van der Waals surface area contributed by atoms with E-state index in [1.807, 2.05) is 0 Å². The van der Waals surface area contributed by atoms with Crippen LogP contribution >= 0.6 is 0 Å². The molecule has 2 aromatic rings. The van der Waals surface area contributed by atoms with Crippen molar-refractivity contribution < 1.29 is 10.2 Å². The van der Waals surface area contributed by atoms with E-state index in [0.717, 1.165) is 0 Å². The zero-order valence-corrected chi connectivity index (χ0v) is 9.58. The molecule has 6 nitrogen and oxygen atoms in total. The third kappa shape index (κ3) is 2.11. The topological polar surface area (TPSA) is 86.9 Å². The Hall–Kier alpha value is -2.18. The Kier molecular flexibility index (Phi) is 3.40. The number of aliphatic hydroxyl groups is 2. The van der Waals surface area contributed by atoms with Crippen molar-refractivity contribution in [3.63, 3.8) is 0 Å². The standard InChI is InChI=1S/C12H13N3O3/c1-2-6-13-10-9(12(17)18)11(16)15-7-4-3-5-8(15)14-10/h2-5,7,12-13,17-18H,1,6H2. The summed E-state index contributed by atoms with van der Waals surface area (Å²) in [5, 5.41) is 21.4. The van der Waals surface area contributed by atoms with Crippen LogP contribution in [0.1, 0.15) is 11.9 Å². The van der Waals surface area contributed by atoms with Gasteiger partial charge in [0.1, 0.15) is 17.0 Å². The van der Waals surface area contributed by atoms with Gasteiger partial charge in [-0.1, -0.05) is 12.1 Å². The molecule has 0 atom stereocenters. The highest BCUT2D eigenvalue weighted by Gasteiger charge is 2.17. The Labute approximate surface area is 103 Å². The SMILES string of the molecule is C=CCNc1nc2ccccn2c(=O)c1C(O)O. The lowest BCUT2D eigenvalue weighted by atomic mass is 10.2. The van der Waals surface area contributed by atoms with Crippen molar-refractivity contribution in [3.8, 4) is 0 Å². The number of pyridine rings is 1. The molecule has 2 rings (SSSR count). The molecule has 0 aromatic carbocycles. The van der Waals surface area contributed by atoms with E-state index >= 15 is 0 Å². The molecule has 0 bridgehead atoms. The number of aromatic nitrogens is 2. The molecule has 0 aliphatic rings. The molecule has 0 amide bonds. The summed E-state index contributed by atoms with van der Waals surface area (Å²) in [5.41, 5.74) is -0.263.